The molecule has 3 aliphatic carbocycles. The topological polar surface area (TPSA) is 131 Å². The molecular weight excluding hydrogens is 651 g/mol. The predicted octanol–water partition coefficient (Wildman–Crippen LogP) is 6.20. The Morgan fingerprint density at radius 2 is 1.46 bits per heavy atom. The van der Waals surface area contributed by atoms with Crippen LogP contribution >= 0.6 is 23.2 Å². The van der Waals surface area contributed by atoms with Crippen molar-refractivity contribution in [3.63, 3.8) is 0 Å². The molecule has 0 unspecified atom stereocenters. The maximum atomic E-state index is 11.5. The Morgan fingerprint density at radius 1 is 0.896 bits per heavy atom. The SMILES string of the molecule is COc1nc(-c2cccc(-c3cccc(-c4cnc(CNCC56CC(O)(C5)C6)c(OC)n4)c3Cl)c2Cl)cnc1CCC[C@@H]1CCC(=O)N1. The van der Waals surface area contributed by atoms with Gasteiger partial charge in [0.05, 0.1) is 53.6 Å². The Balaban J connectivity index is 1.09. The average molecular weight is 690 g/mol. The number of aryl methyl sites for hydroxylation is 1. The zero-order chi connectivity index (χ0) is 33.5. The van der Waals surface area contributed by atoms with Crippen molar-refractivity contribution in [3.8, 4) is 45.4 Å². The van der Waals surface area contributed by atoms with Crippen LogP contribution in [0, 0.1) is 5.41 Å². The van der Waals surface area contributed by atoms with Gasteiger partial charge in [-0.2, -0.15) is 0 Å². The summed E-state index contributed by atoms with van der Waals surface area (Å²) in [7, 11) is 3.17. The minimum absolute atomic E-state index is 0.124. The van der Waals surface area contributed by atoms with E-state index in [4.69, 9.17) is 42.6 Å². The van der Waals surface area contributed by atoms with Crippen LogP contribution in [0.2, 0.25) is 10.0 Å². The van der Waals surface area contributed by atoms with Crippen molar-refractivity contribution in [2.75, 3.05) is 20.8 Å². The molecule has 3 heterocycles. The van der Waals surface area contributed by atoms with Gasteiger partial charge in [-0.25, -0.2) is 9.97 Å². The van der Waals surface area contributed by atoms with Crippen molar-refractivity contribution in [3.05, 3.63) is 70.2 Å². The van der Waals surface area contributed by atoms with Gasteiger partial charge in [0, 0.05) is 47.8 Å². The monoisotopic (exact) mass is 688 g/mol. The van der Waals surface area contributed by atoms with Crippen molar-refractivity contribution in [2.24, 2.45) is 5.41 Å². The number of nitrogens with one attached hydrogen (secondary N) is 2. The summed E-state index contributed by atoms with van der Waals surface area (Å²) in [5.74, 6) is 1.01. The lowest BCUT2D eigenvalue weighted by Gasteiger charge is -2.68. The summed E-state index contributed by atoms with van der Waals surface area (Å²) in [6.45, 7) is 1.35. The van der Waals surface area contributed by atoms with Gasteiger partial charge in [0.2, 0.25) is 17.7 Å². The van der Waals surface area contributed by atoms with E-state index >= 15 is 0 Å². The lowest BCUT2D eigenvalue weighted by Crippen LogP contribution is -2.69. The normalized spacial score (nSPS) is 22.5. The highest BCUT2D eigenvalue weighted by Gasteiger charge is 2.66. The van der Waals surface area contributed by atoms with Gasteiger partial charge in [-0.1, -0.05) is 59.6 Å². The highest BCUT2D eigenvalue weighted by Crippen LogP contribution is 2.66. The summed E-state index contributed by atoms with van der Waals surface area (Å²) in [6, 6.07) is 11.7. The van der Waals surface area contributed by atoms with Crippen molar-refractivity contribution in [2.45, 2.75) is 69.6 Å². The molecule has 4 fully saturated rings. The van der Waals surface area contributed by atoms with Gasteiger partial charge in [-0.3, -0.25) is 14.8 Å². The molecule has 1 aliphatic heterocycles. The van der Waals surface area contributed by atoms with Crippen molar-refractivity contribution >= 4 is 29.1 Å². The molecular formula is C36H38Cl2N6O4. The molecule has 48 heavy (non-hydrogen) atoms. The second kappa shape index (κ2) is 13.2. The number of ether oxygens (including phenoxy) is 2. The third-order valence-electron chi connectivity index (χ3n) is 9.81. The largest absolute Gasteiger partial charge is 0.480 e. The molecule has 0 spiro atoms. The van der Waals surface area contributed by atoms with Gasteiger partial charge in [-0.05, 0) is 50.4 Å². The summed E-state index contributed by atoms with van der Waals surface area (Å²) in [5.41, 5.74) is 5.33. The molecule has 4 aromatic rings. The van der Waals surface area contributed by atoms with Crippen LogP contribution in [0.3, 0.4) is 0 Å². The van der Waals surface area contributed by atoms with Crippen LogP contribution in [0.1, 0.15) is 56.3 Å². The van der Waals surface area contributed by atoms with Gasteiger partial charge < -0.3 is 25.2 Å². The number of carbonyl (C=O) groups is 1. The number of benzene rings is 2. The molecule has 2 aromatic carbocycles. The van der Waals surface area contributed by atoms with Crippen LogP contribution in [-0.2, 0) is 17.8 Å². The summed E-state index contributed by atoms with van der Waals surface area (Å²) >= 11 is 14.1. The van der Waals surface area contributed by atoms with Crippen LogP contribution in [0.25, 0.3) is 33.6 Å². The van der Waals surface area contributed by atoms with Gasteiger partial charge >= 0.3 is 0 Å². The summed E-state index contributed by atoms with van der Waals surface area (Å²) < 4.78 is 11.2. The fourth-order valence-electron chi connectivity index (χ4n) is 7.53. The number of halogens is 2. The molecule has 3 saturated carbocycles. The standard InChI is InChI=1S/C36H38Cl2N6O4/c1-47-33-26(11-3-6-21-12-13-30(45)42-21)40-15-27(43-33)24-9-4-7-22(31(24)37)23-8-5-10-25(32(23)38)28-16-41-29(34(44-28)48-2)14-39-20-35-17-36(46,18-35)19-35/h4-5,7-10,15-16,21,39,46H,3,6,11-14,17-20H2,1-2H3,(H,42,45)/t21-,35?,36?/m1/s1. The first kappa shape index (κ1) is 32.7. The lowest BCUT2D eigenvalue weighted by atomic mass is 9.41. The first-order valence-corrected chi connectivity index (χ1v) is 17.1. The molecule has 2 aromatic heterocycles. The second-order valence-corrected chi connectivity index (χ2v) is 14.1. The quantitative estimate of drug-likeness (QED) is 0.150. The smallest absolute Gasteiger partial charge is 0.237 e. The van der Waals surface area contributed by atoms with Gasteiger partial charge in [0.15, 0.2) is 0 Å². The van der Waals surface area contributed by atoms with Gasteiger partial charge in [0.1, 0.15) is 11.4 Å². The van der Waals surface area contributed by atoms with E-state index in [0.29, 0.717) is 69.4 Å². The van der Waals surface area contributed by atoms with Crippen LogP contribution in [-0.4, -0.2) is 63.4 Å². The van der Waals surface area contributed by atoms with E-state index in [1.165, 1.54) is 0 Å². The highest BCUT2D eigenvalue weighted by molar-refractivity contribution is 6.39. The molecule has 1 atom stereocenters. The molecule has 10 nitrogen and oxygen atoms in total. The fourth-order valence-corrected chi connectivity index (χ4v) is 8.18. The van der Waals surface area contributed by atoms with E-state index < -0.39 is 5.60 Å². The van der Waals surface area contributed by atoms with E-state index in [1.807, 2.05) is 36.4 Å². The molecule has 2 bridgehead atoms. The zero-order valence-corrected chi connectivity index (χ0v) is 28.5. The number of amides is 1. The number of hydrogen-bond acceptors (Lipinski definition) is 9. The Morgan fingerprint density at radius 3 is 2.00 bits per heavy atom. The summed E-state index contributed by atoms with van der Waals surface area (Å²) in [6.07, 6.45) is 9.95. The van der Waals surface area contributed by atoms with E-state index in [0.717, 1.165) is 61.9 Å². The number of methoxy groups -OCH3 is 2. The van der Waals surface area contributed by atoms with Crippen LogP contribution in [0.4, 0.5) is 0 Å². The van der Waals surface area contributed by atoms with E-state index in [1.54, 1.807) is 26.6 Å². The molecule has 1 saturated heterocycles. The highest BCUT2D eigenvalue weighted by atomic mass is 35.5. The summed E-state index contributed by atoms with van der Waals surface area (Å²) in [5, 5.41) is 17.5. The van der Waals surface area contributed by atoms with Crippen molar-refractivity contribution in [1.29, 1.82) is 0 Å². The van der Waals surface area contributed by atoms with Crippen molar-refractivity contribution in [1.82, 2.24) is 30.6 Å². The average Bonchev–Trinajstić information content (AvgIpc) is 3.48. The van der Waals surface area contributed by atoms with Crippen LogP contribution in [0.5, 0.6) is 11.8 Å². The predicted molar refractivity (Wildman–Crippen MR) is 184 cm³/mol. The number of aromatic nitrogens is 4. The zero-order valence-electron chi connectivity index (χ0n) is 27.0. The molecule has 0 radical (unpaired) electrons. The number of nitrogens with zero attached hydrogens (tertiary/aromatic N) is 4. The minimum Gasteiger partial charge on any atom is -0.480 e. The van der Waals surface area contributed by atoms with Crippen LogP contribution < -0.4 is 20.1 Å². The van der Waals surface area contributed by atoms with Crippen LogP contribution in [0.15, 0.2) is 48.8 Å². The molecule has 1 amide bonds. The molecule has 3 N–H and O–H groups in total. The number of aliphatic hydroxyl groups is 1. The lowest BCUT2D eigenvalue weighted by molar-refractivity contribution is -0.256. The third kappa shape index (κ3) is 6.34. The molecule has 4 aliphatic rings. The van der Waals surface area contributed by atoms with E-state index in [-0.39, 0.29) is 17.4 Å². The number of rotatable bonds is 13. The number of carbonyl (C=O) groups excluding carboxylic acids is 1. The maximum Gasteiger partial charge on any atom is 0.237 e. The first-order valence-electron chi connectivity index (χ1n) is 16.3. The molecule has 250 valence electrons. The minimum atomic E-state index is -0.412. The number of hydrogen-bond donors (Lipinski definition) is 3. The Kier molecular flexibility index (Phi) is 9.02. The third-order valence-corrected chi connectivity index (χ3v) is 10.6. The van der Waals surface area contributed by atoms with Gasteiger partial charge in [-0.15, -0.1) is 0 Å². The maximum absolute atomic E-state index is 11.5. The second-order valence-electron chi connectivity index (χ2n) is 13.3. The Labute approximate surface area is 289 Å². The Bertz CT molecular complexity index is 1850. The van der Waals surface area contributed by atoms with E-state index in [2.05, 4.69) is 20.6 Å². The molecule has 8 rings (SSSR count). The molecule has 12 heteroatoms. The van der Waals surface area contributed by atoms with Crippen molar-refractivity contribution < 1.29 is 19.4 Å². The van der Waals surface area contributed by atoms with E-state index in [9.17, 15) is 9.90 Å². The van der Waals surface area contributed by atoms with Gasteiger partial charge in [0.25, 0.3) is 0 Å². The summed E-state index contributed by atoms with van der Waals surface area (Å²) in [4.78, 5) is 30.4. The fraction of sp³-hybridized carbons (Fsp3) is 0.417. The Hall–Kier alpha value is -3.83. The first-order chi connectivity index (χ1) is 23.2.